The maximum Gasteiger partial charge on any atom is 0.124 e. The average Bonchev–Trinajstić information content (AvgIpc) is 2.37. The van der Waals surface area contributed by atoms with Crippen LogP contribution in [0.4, 0.5) is 0 Å². The highest BCUT2D eigenvalue weighted by molar-refractivity contribution is 9.09. The molecule has 0 N–H and O–H groups in total. The lowest BCUT2D eigenvalue weighted by atomic mass is 9.97. The minimum atomic E-state index is 0.156. The quantitative estimate of drug-likeness (QED) is 0.638. The van der Waals surface area contributed by atoms with Crippen LogP contribution in [0.3, 0.4) is 0 Å². The van der Waals surface area contributed by atoms with Gasteiger partial charge in [0.1, 0.15) is 5.75 Å². The Morgan fingerprint density at radius 2 is 1.60 bits per heavy atom. The largest absolute Gasteiger partial charge is 0.496 e. The second kappa shape index (κ2) is 6.19. The van der Waals surface area contributed by atoms with E-state index in [2.05, 4.69) is 54.9 Å². The van der Waals surface area contributed by atoms with Crippen molar-refractivity contribution in [2.75, 3.05) is 7.11 Å². The van der Waals surface area contributed by atoms with Crippen LogP contribution in [0.5, 0.6) is 5.75 Å². The van der Waals surface area contributed by atoms with Crippen LogP contribution in [0.1, 0.15) is 32.6 Å². The van der Waals surface area contributed by atoms with E-state index in [4.69, 9.17) is 16.3 Å². The summed E-state index contributed by atoms with van der Waals surface area (Å²) in [6, 6.07) is 10.3. The Morgan fingerprint density at radius 1 is 1.00 bits per heavy atom. The van der Waals surface area contributed by atoms with Crippen molar-refractivity contribution < 1.29 is 4.74 Å². The van der Waals surface area contributed by atoms with Crippen molar-refractivity contribution in [1.82, 2.24) is 0 Å². The van der Waals surface area contributed by atoms with Gasteiger partial charge in [-0.2, -0.15) is 0 Å². The van der Waals surface area contributed by atoms with Crippen molar-refractivity contribution in [1.29, 1.82) is 0 Å². The van der Waals surface area contributed by atoms with Crippen molar-refractivity contribution in [3.63, 3.8) is 0 Å². The molecular formula is C17H18BrClO. The average molecular weight is 354 g/mol. The standard InChI is InChI=1S/C17H18BrClO/c1-10-9-14(19)5-6-15(10)16(18)13-7-11(2)17(20-4)12(3)8-13/h5-9,16H,1-4H3. The molecule has 0 bridgehead atoms. The topological polar surface area (TPSA) is 9.23 Å². The second-order valence-electron chi connectivity index (χ2n) is 5.05. The molecule has 0 aliphatic heterocycles. The van der Waals surface area contributed by atoms with E-state index in [1.54, 1.807) is 7.11 Å². The highest BCUT2D eigenvalue weighted by Gasteiger charge is 2.15. The zero-order valence-electron chi connectivity index (χ0n) is 12.1. The van der Waals surface area contributed by atoms with Gasteiger partial charge in [0.05, 0.1) is 11.9 Å². The summed E-state index contributed by atoms with van der Waals surface area (Å²) in [5.41, 5.74) is 5.95. The Morgan fingerprint density at radius 3 is 2.10 bits per heavy atom. The predicted molar refractivity (Wildman–Crippen MR) is 89.4 cm³/mol. The minimum absolute atomic E-state index is 0.156. The van der Waals surface area contributed by atoms with Gasteiger partial charge < -0.3 is 4.74 Å². The smallest absolute Gasteiger partial charge is 0.124 e. The number of rotatable bonds is 3. The third kappa shape index (κ3) is 3.02. The van der Waals surface area contributed by atoms with E-state index in [1.807, 2.05) is 12.1 Å². The summed E-state index contributed by atoms with van der Waals surface area (Å²) in [7, 11) is 1.71. The molecule has 0 fully saturated rings. The van der Waals surface area contributed by atoms with E-state index in [1.165, 1.54) is 16.7 Å². The van der Waals surface area contributed by atoms with Crippen molar-refractivity contribution in [2.45, 2.75) is 25.6 Å². The number of halogens is 2. The van der Waals surface area contributed by atoms with Gasteiger partial charge in [-0.15, -0.1) is 0 Å². The maximum atomic E-state index is 6.03. The first-order valence-electron chi connectivity index (χ1n) is 6.49. The van der Waals surface area contributed by atoms with Gasteiger partial charge in [0.15, 0.2) is 0 Å². The van der Waals surface area contributed by atoms with Crippen LogP contribution in [0.2, 0.25) is 5.02 Å². The number of ether oxygens (including phenoxy) is 1. The molecule has 1 unspecified atom stereocenters. The van der Waals surface area contributed by atoms with E-state index in [0.29, 0.717) is 0 Å². The number of alkyl halides is 1. The maximum absolute atomic E-state index is 6.03. The van der Waals surface area contributed by atoms with Crippen molar-refractivity contribution in [3.05, 3.63) is 63.2 Å². The van der Waals surface area contributed by atoms with Gasteiger partial charge in [0.25, 0.3) is 0 Å². The van der Waals surface area contributed by atoms with Crippen molar-refractivity contribution in [3.8, 4) is 5.75 Å². The summed E-state index contributed by atoms with van der Waals surface area (Å²) < 4.78 is 5.42. The predicted octanol–water partition coefficient (Wildman–Crippen LogP) is 5.76. The van der Waals surface area contributed by atoms with Crippen LogP contribution in [0.15, 0.2) is 30.3 Å². The minimum Gasteiger partial charge on any atom is -0.496 e. The molecule has 2 aromatic rings. The van der Waals surface area contributed by atoms with Crippen molar-refractivity contribution >= 4 is 27.5 Å². The summed E-state index contributed by atoms with van der Waals surface area (Å²) >= 11 is 9.83. The Labute approximate surface area is 134 Å². The first-order valence-corrected chi connectivity index (χ1v) is 7.78. The Balaban J connectivity index is 2.45. The highest BCUT2D eigenvalue weighted by atomic mass is 79.9. The monoisotopic (exact) mass is 352 g/mol. The normalized spacial score (nSPS) is 12.3. The van der Waals surface area contributed by atoms with Crippen LogP contribution in [-0.2, 0) is 0 Å². The molecule has 2 rings (SSSR count). The van der Waals surface area contributed by atoms with Gasteiger partial charge in [0, 0.05) is 5.02 Å². The highest BCUT2D eigenvalue weighted by Crippen LogP contribution is 2.37. The molecule has 1 nitrogen and oxygen atoms in total. The molecule has 0 aliphatic rings. The molecule has 106 valence electrons. The van der Waals surface area contributed by atoms with Crippen LogP contribution >= 0.6 is 27.5 Å². The SMILES string of the molecule is COc1c(C)cc(C(Br)c2ccc(Cl)cc2C)cc1C. The van der Waals surface area contributed by atoms with Crippen LogP contribution in [0, 0.1) is 20.8 Å². The van der Waals surface area contributed by atoms with E-state index < -0.39 is 0 Å². The number of methoxy groups -OCH3 is 1. The Kier molecular flexibility index (Phi) is 4.77. The van der Waals surface area contributed by atoms with Crippen LogP contribution in [-0.4, -0.2) is 7.11 Å². The summed E-state index contributed by atoms with van der Waals surface area (Å²) in [5, 5.41) is 0.771. The number of benzene rings is 2. The second-order valence-corrected chi connectivity index (χ2v) is 6.40. The van der Waals surface area contributed by atoms with Crippen molar-refractivity contribution in [2.24, 2.45) is 0 Å². The molecule has 2 aromatic carbocycles. The number of hydrogen-bond donors (Lipinski definition) is 0. The fourth-order valence-corrected chi connectivity index (χ4v) is 3.56. The Hall–Kier alpha value is -0.990. The summed E-state index contributed by atoms with van der Waals surface area (Å²) in [5.74, 6) is 0.960. The lowest BCUT2D eigenvalue weighted by Gasteiger charge is -2.17. The molecule has 0 amide bonds. The van der Waals surface area contributed by atoms with E-state index in [-0.39, 0.29) is 4.83 Å². The summed E-state index contributed by atoms with van der Waals surface area (Å²) in [6.45, 7) is 6.23. The third-order valence-corrected chi connectivity index (χ3v) is 4.74. The fourth-order valence-electron chi connectivity index (χ4n) is 2.56. The first kappa shape index (κ1) is 15.4. The fraction of sp³-hybridized carbons (Fsp3) is 0.294. The molecule has 20 heavy (non-hydrogen) atoms. The van der Waals surface area contributed by atoms with E-state index in [9.17, 15) is 0 Å². The number of aryl methyl sites for hydroxylation is 3. The van der Waals surface area contributed by atoms with Gasteiger partial charge in [-0.3, -0.25) is 0 Å². The van der Waals surface area contributed by atoms with Crippen LogP contribution in [0.25, 0.3) is 0 Å². The molecule has 0 saturated heterocycles. The van der Waals surface area contributed by atoms with Gasteiger partial charge in [-0.1, -0.05) is 45.7 Å². The van der Waals surface area contributed by atoms with E-state index >= 15 is 0 Å². The first-order chi connectivity index (χ1) is 9.43. The van der Waals surface area contributed by atoms with Gasteiger partial charge >= 0.3 is 0 Å². The Bertz CT molecular complexity index is 614. The molecule has 1 atom stereocenters. The zero-order chi connectivity index (χ0) is 14.9. The van der Waals surface area contributed by atoms with Crippen LogP contribution < -0.4 is 4.74 Å². The summed E-state index contributed by atoms with van der Waals surface area (Å²) in [6.07, 6.45) is 0. The summed E-state index contributed by atoms with van der Waals surface area (Å²) in [4.78, 5) is 0.156. The molecular weight excluding hydrogens is 336 g/mol. The molecule has 0 aromatic heterocycles. The molecule has 0 radical (unpaired) electrons. The zero-order valence-corrected chi connectivity index (χ0v) is 14.5. The molecule has 3 heteroatoms. The molecule has 0 aliphatic carbocycles. The van der Waals surface area contributed by atoms with Gasteiger partial charge in [0.2, 0.25) is 0 Å². The molecule has 0 heterocycles. The lowest BCUT2D eigenvalue weighted by molar-refractivity contribution is 0.408. The number of hydrogen-bond acceptors (Lipinski definition) is 1. The third-order valence-electron chi connectivity index (χ3n) is 3.48. The van der Waals surface area contributed by atoms with Gasteiger partial charge in [-0.05, 0) is 60.7 Å². The molecule has 0 saturated carbocycles. The van der Waals surface area contributed by atoms with E-state index in [0.717, 1.165) is 21.9 Å². The lowest BCUT2D eigenvalue weighted by Crippen LogP contribution is -1.99. The van der Waals surface area contributed by atoms with Gasteiger partial charge in [-0.25, -0.2) is 0 Å². The molecule has 0 spiro atoms.